The fourth-order valence-corrected chi connectivity index (χ4v) is 6.07. The minimum atomic E-state index is -4.91. The van der Waals surface area contributed by atoms with Crippen molar-refractivity contribution < 1.29 is 30.8 Å². The first-order chi connectivity index (χ1) is 13.0. The zero-order valence-electron chi connectivity index (χ0n) is 14.6. The topological polar surface area (TPSA) is 66.5 Å². The number of hydrogen-bond donors (Lipinski definition) is 1. The van der Waals surface area contributed by atoms with E-state index in [0.717, 1.165) is 26.6 Å². The molecule has 0 radical (unpaired) electrons. The van der Waals surface area contributed by atoms with E-state index in [1.165, 1.54) is 6.07 Å². The number of carbonyl (C=O) groups excluding carboxylic acids is 1. The van der Waals surface area contributed by atoms with Gasteiger partial charge in [-0.25, -0.2) is 12.8 Å². The molecule has 2 aromatic rings. The summed E-state index contributed by atoms with van der Waals surface area (Å²) in [5.41, 5.74) is -1.76. The summed E-state index contributed by atoms with van der Waals surface area (Å²) >= 11 is 1.08. The van der Waals surface area contributed by atoms with Crippen LogP contribution in [0.3, 0.4) is 0 Å². The van der Waals surface area contributed by atoms with Crippen LogP contribution in [0.5, 0.6) is 0 Å². The van der Waals surface area contributed by atoms with Crippen LogP contribution >= 0.6 is 11.3 Å². The number of sulfonamides is 1. The highest BCUT2D eigenvalue weighted by Gasteiger charge is 2.40. The molecule has 2 heterocycles. The van der Waals surface area contributed by atoms with Crippen molar-refractivity contribution >= 4 is 33.0 Å². The number of anilines is 1. The molecule has 1 aliphatic heterocycles. The Morgan fingerprint density at radius 2 is 1.96 bits per heavy atom. The van der Waals surface area contributed by atoms with Gasteiger partial charge in [0.2, 0.25) is 5.91 Å². The summed E-state index contributed by atoms with van der Waals surface area (Å²) in [6, 6.07) is 4.16. The predicted octanol–water partition coefficient (Wildman–Crippen LogP) is 4.01. The molecule has 28 heavy (non-hydrogen) atoms. The summed E-state index contributed by atoms with van der Waals surface area (Å²) in [6.45, 7) is 1.89. The molecule has 1 N–H and O–H groups in total. The highest BCUT2D eigenvalue weighted by molar-refractivity contribution is 7.91. The van der Waals surface area contributed by atoms with E-state index in [2.05, 4.69) is 5.32 Å². The zero-order valence-corrected chi connectivity index (χ0v) is 16.2. The molecule has 152 valence electrons. The molecule has 5 nitrogen and oxygen atoms in total. The summed E-state index contributed by atoms with van der Waals surface area (Å²) in [4.78, 5) is 13.4. The van der Waals surface area contributed by atoms with Gasteiger partial charge >= 0.3 is 6.18 Å². The maximum Gasteiger partial charge on any atom is 0.419 e. The fraction of sp³-hybridized carbons (Fsp3) is 0.353. The van der Waals surface area contributed by atoms with Crippen LogP contribution in [0.15, 0.2) is 34.5 Å². The summed E-state index contributed by atoms with van der Waals surface area (Å²) in [6.07, 6.45) is -4.23. The van der Waals surface area contributed by atoms with E-state index in [1.54, 1.807) is 13.0 Å². The molecular weight excluding hydrogens is 420 g/mol. The number of halogens is 4. The molecule has 1 aromatic carbocycles. The van der Waals surface area contributed by atoms with Crippen molar-refractivity contribution in [2.75, 3.05) is 11.9 Å². The maximum atomic E-state index is 13.4. The molecule has 0 bridgehead atoms. The third-order valence-corrected chi connectivity index (χ3v) is 7.70. The Morgan fingerprint density at radius 3 is 2.57 bits per heavy atom. The molecule has 11 heteroatoms. The van der Waals surface area contributed by atoms with Crippen LogP contribution in [0.1, 0.15) is 23.3 Å². The van der Waals surface area contributed by atoms with Crippen LogP contribution in [0.4, 0.5) is 23.2 Å². The Balaban J connectivity index is 1.83. The molecule has 1 atom stereocenters. The van der Waals surface area contributed by atoms with E-state index in [4.69, 9.17) is 0 Å². The SMILES string of the molecule is Cc1ccc(S(=O)(=O)N2CCCC2C(=O)Nc2ccc(F)c(C(F)(F)F)c2)s1. The van der Waals surface area contributed by atoms with Gasteiger partial charge in [0.05, 0.1) is 5.56 Å². The molecule has 0 spiro atoms. The third-order valence-electron chi connectivity index (χ3n) is 4.32. The lowest BCUT2D eigenvalue weighted by molar-refractivity contribution is -0.140. The van der Waals surface area contributed by atoms with Crippen LogP contribution in [0.25, 0.3) is 0 Å². The lowest BCUT2D eigenvalue weighted by Crippen LogP contribution is -2.42. The molecular formula is C17H16F4N2O3S2. The number of rotatable bonds is 4. The van der Waals surface area contributed by atoms with Crippen molar-refractivity contribution in [3.63, 3.8) is 0 Å². The first kappa shape index (κ1) is 20.7. The van der Waals surface area contributed by atoms with Crippen molar-refractivity contribution in [3.05, 3.63) is 46.6 Å². The number of amides is 1. The summed E-state index contributed by atoms with van der Waals surface area (Å²) < 4.78 is 78.7. The van der Waals surface area contributed by atoms with Gasteiger partial charge in [-0.15, -0.1) is 11.3 Å². The Labute approximate surface area is 163 Å². The molecule has 0 aliphatic carbocycles. The first-order valence-corrected chi connectivity index (χ1v) is 10.5. The quantitative estimate of drug-likeness (QED) is 0.737. The monoisotopic (exact) mass is 436 g/mol. The van der Waals surface area contributed by atoms with Gasteiger partial charge in [0, 0.05) is 17.1 Å². The summed E-state index contributed by atoms with van der Waals surface area (Å²) in [5.74, 6) is -2.21. The maximum absolute atomic E-state index is 13.4. The minimum absolute atomic E-state index is 0.103. The van der Waals surface area contributed by atoms with Gasteiger partial charge in [0.25, 0.3) is 10.0 Å². The number of aryl methyl sites for hydroxylation is 1. The number of alkyl halides is 3. The number of carbonyl (C=O) groups is 1. The van der Waals surface area contributed by atoms with Crippen molar-refractivity contribution in [1.82, 2.24) is 4.31 Å². The Morgan fingerprint density at radius 1 is 1.25 bits per heavy atom. The number of nitrogens with zero attached hydrogens (tertiary/aromatic N) is 1. The lowest BCUT2D eigenvalue weighted by atomic mass is 10.1. The summed E-state index contributed by atoms with van der Waals surface area (Å²) in [7, 11) is -3.89. The van der Waals surface area contributed by atoms with E-state index in [1.807, 2.05) is 0 Å². The fourth-order valence-electron chi connectivity index (χ4n) is 3.00. The Hall–Kier alpha value is -1.98. The van der Waals surface area contributed by atoms with Gasteiger partial charge in [-0.3, -0.25) is 4.79 Å². The molecule has 1 saturated heterocycles. The van der Waals surface area contributed by atoms with Crippen LogP contribution in [-0.4, -0.2) is 31.2 Å². The number of nitrogens with one attached hydrogen (secondary N) is 1. The van der Waals surface area contributed by atoms with Crippen molar-refractivity contribution in [3.8, 4) is 0 Å². The minimum Gasteiger partial charge on any atom is -0.325 e. The second kappa shape index (κ2) is 7.45. The second-order valence-corrected chi connectivity index (χ2v) is 9.73. The molecule has 3 rings (SSSR count). The van der Waals surface area contributed by atoms with Gasteiger partial charge in [0.1, 0.15) is 16.1 Å². The second-order valence-electron chi connectivity index (χ2n) is 6.32. The molecule has 0 saturated carbocycles. The molecule has 1 amide bonds. The standard InChI is InChI=1S/C17H16F4N2O3S2/c1-10-4-7-15(27-10)28(25,26)23-8-2-3-14(23)16(24)22-11-5-6-13(18)12(9-11)17(19,20)21/h4-7,9,14H,2-3,8H2,1H3,(H,22,24). The van der Waals surface area contributed by atoms with E-state index in [9.17, 15) is 30.8 Å². The smallest absolute Gasteiger partial charge is 0.325 e. The van der Waals surface area contributed by atoms with Crippen LogP contribution < -0.4 is 5.32 Å². The summed E-state index contributed by atoms with van der Waals surface area (Å²) in [5, 5.41) is 2.27. The van der Waals surface area contributed by atoms with E-state index < -0.39 is 39.5 Å². The molecule has 1 aromatic heterocycles. The normalized spacial score (nSPS) is 18.4. The first-order valence-electron chi connectivity index (χ1n) is 8.26. The predicted molar refractivity (Wildman–Crippen MR) is 96.0 cm³/mol. The number of thiophene rings is 1. The van der Waals surface area contributed by atoms with Crippen molar-refractivity contribution in [2.24, 2.45) is 0 Å². The zero-order chi connectivity index (χ0) is 20.7. The largest absolute Gasteiger partial charge is 0.419 e. The molecule has 1 unspecified atom stereocenters. The number of benzene rings is 1. The van der Waals surface area contributed by atoms with Gasteiger partial charge < -0.3 is 5.32 Å². The van der Waals surface area contributed by atoms with Crippen LogP contribution in [-0.2, 0) is 21.0 Å². The third kappa shape index (κ3) is 4.06. The van der Waals surface area contributed by atoms with Crippen LogP contribution in [0, 0.1) is 12.7 Å². The highest BCUT2D eigenvalue weighted by atomic mass is 32.2. The Kier molecular flexibility index (Phi) is 5.52. The van der Waals surface area contributed by atoms with E-state index in [-0.39, 0.29) is 22.9 Å². The Bertz CT molecular complexity index is 1000. The van der Waals surface area contributed by atoms with E-state index in [0.29, 0.717) is 18.6 Å². The lowest BCUT2D eigenvalue weighted by Gasteiger charge is -2.23. The molecule has 1 fully saturated rings. The van der Waals surface area contributed by atoms with E-state index >= 15 is 0 Å². The van der Waals surface area contributed by atoms with Gasteiger partial charge in [-0.05, 0) is 50.1 Å². The van der Waals surface area contributed by atoms with Crippen molar-refractivity contribution in [1.29, 1.82) is 0 Å². The van der Waals surface area contributed by atoms with Gasteiger partial charge in [-0.2, -0.15) is 17.5 Å². The highest BCUT2D eigenvalue weighted by Crippen LogP contribution is 2.34. The van der Waals surface area contributed by atoms with Gasteiger partial charge in [0.15, 0.2) is 0 Å². The van der Waals surface area contributed by atoms with Crippen molar-refractivity contribution in [2.45, 2.75) is 36.2 Å². The number of hydrogen-bond acceptors (Lipinski definition) is 4. The molecule has 1 aliphatic rings. The van der Waals surface area contributed by atoms with Crippen LogP contribution in [0.2, 0.25) is 0 Å². The average molecular weight is 436 g/mol. The van der Waals surface area contributed by atoms with Gasteiger partial charge in [-0.1, -0.05) is 0 Å². The average Bonchev–Trinajstić information content (AvgIpc) is 3.25.